The molecule has 0 aromatic heterocycles. The molecular formula is C21H27ClO2. The monoisotopic (exact) mass is 346 g/mol. The largest absolute Gasteiger partial charge is 0.392 e. The summed E-state index contributed by atoms with van der Waals surface area (Å²) in [7, 11) is 0. The van der Waals surface area contributed by atoms with Crippen LogP contribution in [0.25, 0.3) is 0 Å². The van der Waals surface area contributed by atoms with Gasteiger partial charge >= 0.3 is 0 Å². The van der Waals surface area contributed by atoms with Crippen molar-refractivity contribution in [3.05, 3.63) is 34.9 Å². The lowest BCUT2D eigenvalue weighted by Crippen LogP contribution is -2.56. The van der Waals surface area contributed by atoms with E-state index in [0.717, 1.165) is 31.3 Å². The predicted octanol–water partition coefficient (Wildman–Crippen LogP) is 4.63. The Morgan fingerprint density at radius 1 is 1.33 bits per heavy atom. The molecule has 0 aliphatic heterocycles. The minimum absolute atomic E-state index is 0.0141. The van der Waals surface area contributed by atoms with Crippen LogP contribution in [0.3, 0.4) is 0 Å². The topological polar surface area (TPSA) is 37.3 Å². The molecule has 0 radical (unpaired) electrons. The molecule has 0 saturated heterocycles. The van der Waals surface area contributed by atoms with Crippen molar-refractivity contribution >= 4 is 17.4 Å². The van der Waals surface area contributed by atoms with Crippen LogP contribution < -0.4 is 0 Å². The predicted molar refractivity (Wildman–Crippen MR) is 96.5 cm³/mol. The van der Waals surface area contributed by atoms with Crippen LogP contribution in [0.15, 0.2) is 34.9 Å². The van der Waals surface area contributed by atoms with Crippen LogP contribution in [-0.4, -0.2) is 17.0 Å². The molecule has 4 rings (SSSR count). The van der Waals surface area contributed by atoms with Gasteiger partial charge in [0.15, 0.2) is 5.78 Å². The molecule has 7 atom stereocenters. The van der Waals surface area contributed by atoms with E-state index in [2.05, 4.69) is 39.0 Å². The summed E-state index contributed by atoms with van der Waals surface area (Å²) in [6.45, 7) is 6.84. The summed E-state index contributed by atoms with van der Waals surface area (Å²) >= 11 is 6.44. The number of aliphatic hydroxyl groups is 1. The van der Waals surface area contributed by atoms with E-state index in [0.29, 0.717) is 28.7 Å². The van der Waals surface area contributed by atoms with Gasteiger partial charge in [0, 0.05) is 10.8 Å². The van der Waals surface area contributed by atoms with Crippen molar-refractivity contribution in [1.82, 2.24) is 0 Å². The maximum absolute atomic E-state index is 12.1. The Labute approximate surface area is 149 Å². The fourth-order valence-corrected chi connectivity index (χ4v) is 6.59. The lowest BCUT2D eigenvalue weighted by Gasteiger charge is -2.61. The number of hydrogen-bond donors (Lipinski definition) is 1. The number of ketones is 1. The number of aliphatic hydroxyl groups excluding tert-OH is 1. The molecule has 0 unspecified atom stereocenters. The number of fused-ring (bicyclic) bond motifs is 5. The first-order valence-electron chi connectivity index (χ1n) is 9.26. The standard InChI is InChI=1S/C21H27ClO2/c1-12-11-15-19(22)16(23)8-10-20(15,2)14-7-9-21(3)13(18(12)14)5-4-6-17(21)24/h4-5,8,10,12-14,17-18,24H,6-7,9,11H2,1-3H3/t12-,13+,14+,17+,18+,20-,21+/m1/s1. The van der Waals surface area contributed by atoms with Crippen molar-refractivity contribution in [2.24, 2.45) is 34.5 Å². The highest BCUT2D eigenvalue weighted by Gasteiger charge is 2.58. The first-order chi connectivity index (χ1) is 11.3. The lowest BCUT2D eigenvalue weighted by atomic mass is 9.44. The van der Waals surface area contributed by atoms with Crippen molar-refractivity contribution in [3.63, 3.8) is 0 Å². The Kier molecular flexibility index (Phi) is 3.68. The highest BCUT2D eigenvalue weighted by atomic mass is 35.5. The van der Waals surface area contributed by atoms with Crippen molar-refractivity contribution in [1.29, 1.82) is 0 Å². The molecule has 2 nitrogen and oxygen atoms in total. The summed E-state index contributed by atoms with van der Waals surface area (Å²) in [5.41, 5.74) is 1.02. The Morgan fingerprint density at radius 3 is 2.83 bits per heavy atom. The molecule has 0 heterocycles. The van der Waals surface area contributed by atoms with Gasteiger partial charge in [0.1, 0.15) is 0 Å². The number of hydrogen-bond acceptors (Lipinski definition) is 2. The molecule has 0 spiro atoms. The van der Waals surface area contributed by atoms with Gasteiger partial charge in [0.2, 0.25) is 0 Å². The summed E-state index contributed by atoms with van der Waals surface area (Å²) in [5.74, 6) is 1.88. The molecule has 1 N–H and O–H groups in total. The van der Waals surface area contributed by atoms with Crippen molar-refractivity contribution < 1.29 is 9.90 Å². The maximum atomic E-state index is 12.1. The Hall–Kier alpha value is -0.860. The van der Waals surface area contributed by atoms with Gasteiger partial charge in [-0.25, -0.2) is 0 Å². The first kappa shape index (κ1) is 16.6. The third-order valence-electron chi connectivity index (χ3n) is 7.76. The molecule has 0 bridgehead atoms. The summed E-state index contributed by atoms with van der Waals surface area (Å²) in [4.78, 5) is 12.1. The highest BCUT2D eigenvalue weighted by molar-refractivity contribution is 6.45. The average molecular weight is 347 g/mol. The van der Waals surface area contributed by atoms with Crippen LogP contribution in [0.2, 0.25) is 0 Å². The molecule has 24 heavy (non-hydrogen) atoms. The van der Waals surface area contributed by atoms with Crippen LogP contribution in [0.4, 0.5) is 0 Å². The normalized spacial score (nSPS) is 50.4. The van der Waals surface area contributed by atoms with E-state index in [1.54, 1.807) is 6.08 Å². The van der Waals surface area contributed by atoms with Gasteiger partial charge in [0.25, 0.3) is 0 Å². The Balaban J connectivity index is 1.80. The molecule has 2 fully saturated rings. The molecule has 130 valence electrons. The molecule has 3 heteroatoms. The molecule has 0 aromatic carbocycles. The molecule has 4 aliphatic carbocycles. The Bertz CT molecular complexity index is 675. The zero-order valence-electron chi connectivity index (χ0n) is 14.8. The van der Waals surface area contributed by atoms with Gasteiger partial charge in [0.05, 0.1) is 11.1 Å². The van der Waals surface area contributed by atoms with Crippen LogP contribution in [0.1, 0.15) is 46.5 Å². The maximum Gasteiger partial charge on any atom is 0.196 e. The lowest BCUT2D eigenvalue weighted by molar-refractivity contribution is -0.112. The van der Waals surface area contributed by atoms with E-state index in [1.807, 2.05) is 0 Å². The second kappa shape index (κ2) is 5.32. The minimum atomic E-state index is -0.238. The van der Waals surface area contributed by atoms with Gasteiger partial charge in [-0.2, -0.15) is 0 Å². The molecule has 0 aromatic rings. The van der Waals surface area contributed by atoms with E-state index in [1.165, 1.54) is 0 Å². The van der Waals surface area contributed by atoms with Gasteiger partial charge in [-0.1, -0.05) is 50.6 Å². The van der Waals surface area contributed by atoms with Crippen LogP contribution in [-0.2, 0) is 4.79 Å². The summed E-state index contributed by atoms with van der Waals surface area (Å²) in [6, 6.07) is 0. The van der Waals surface area contributed by atoms with E-state index in [9.17, 15) is 9.90 Å². The molecule has 2 saturated carbocycles. The molecular weight excluding hydrogens is 320 g/mol. The quantitative estimate of drug-likeness (QED) is 0.649. The summed E-state index contributed by atoms with van der Waals surface area (Å²) < 4.78 is 0. The van der Waals surface area contributed by atoms with Crippen molar-refractivity contribution in [3.8, 4) is 0 Å². The number of carbonyl (C=O) groups excluding carboxylic acids is 1. The molecule has 0 amide bonds. The summed E-state index contributed by atoms with van der Waals surface area (Å²) in [5, 5.41) is 11.1. The van der Waals surface area contributed by atoms with Crippen molar-refractivity contribution in [2.75, 3.05) is 0 Å². The zero-order chi connectivity index (χ0) is 17.3. The number of carbonyl (C=O) groups is 1. The minimum Gasteiger partial charge on any atom is -0.392 e. The SMILES string of the molecule is C[C@@H]1CC2=C(Cl)C(=O)C=C[C@]2(C)[C@H]2CC[C@]3(C)[C@@H](O)CC=C[C@H]3[C@H]12. The second-order valence-corrected chi connectivity index (χ2v) is 9.27. The van der Waals surface area contributed by atoms with Crippen LogP contribution >= 0.6 is 11.6 Å². The zero-order valence-corrected chi connectivity index (χ0v) is 15.5. The van der Waals surface area contributed by atoms with Gasteiger partial charge in [-0.3, -0.25) is 4.79 Å². The van der Waals surface area contributed by atoms with Gasteiger partial charge < -0.3 is 5.11 Å². The van der Waals surface area contributed by atoms with Crippen LogP contribution in [0.5, 0.6) is 0 Å². The number of rotatable bonds is 0. The average Bonchev–Trinajstić information content (AvgIpc) is 2.55. The third-order valence-corrected chi connectivity index (χ3v) is 8.18. The van der Waals surface area contributed by atoms with Crippen LogP contribution in [0, 0.1) is 34.5 Å². The Morgan fingerprint density at radius 2 is 2.08 bits per heavy atom. The van der Waals surface area contributed by atoms with E-state index in [-0.39, 0.29) is 22.7 Å². The summed E-state index contributed by atoms with van der Waals surface area (Å²) in [6.07, 6.45) is 11.9. The number of halogens is 1. The molecule has 4 aliphatic rings. The van der Waals surface area contributed by atoms with E-state index >= 15 is 0 Å². The fourth-order valence-electron chi connectivity index (χ4n) is 6.25. The first-order valence-corrected chi connectivity index (χ1v) is 9.64. The smallest absolute Gasteiger partial charge is 0.196 e. The number of allylic oxidation sites excluding steroid dienone is 5. The van der Waals surface area contributed by atoms with Gasteiger partial charge in [-0.15, -0.1) is 0 Å². The van der Waals surface area contributed by atoms with Gasteiger partial charge in [-0.05, 0) is 61.0 Å². The third kappa shape index (κ3) is 2.02. The highest BCUT2D eigenvalue weighted by Crippen LogP contribution is 2.64. The fraction of sp³-hybridized carbons (Fsp3) is 0.667. The van der Waals surface area contributed by atoms with Crippen molar-refractivity contribution in [2.45, 2.75) is 52.6 Å². The second-order valence-electron chi connectivity index (χ2n) is 8.89. The van der Waals surface area contributed by atoms with E-state index < -0.39 is 0 Å². The van der Waals surface area contributed by atoms with E-state index in [4.69, 9.17) is 11.6 Å².